The first-order chi connectivity index (χ1) is 11.7. The fraction of sp³-hybridized carbons (Fsp3) is 0.333. The van der Waals surface area contributed by atoms with Crippen LogP contribution in [0, 0.1) is 0 Å². The highest BCUT2D eigenvalue weighted by Crippen LogP contribution is 2.27. The molecule has 0 saturated carbocycles. The Balaban J connectivity index is 1.68. The first-order valence-corrected chi connectivity index (χ1v) is 8.23. The minimum Gasteiger partial charge on any atom is -0.342 e. The van der Waals surface area contributed by atoms with E-state index in [9.17, 15) is 4.79 Å². The standard InChI is InChI=1S/C18H19N5O/c1-13(24)22-9-3-5-14(12-22)15-6-2-7-16(21-15)17-11-20-18-19-8-4-10-23(17)18/h2,4,6-8,10-11,14H,3,5,9,12H2,1H3. The van der Waals surface area contributed by atoms with Crippen molar-refractivity contribution in [2.45, 2.75) is 25.7 Å². The summed E-state index contributed by atoms with van der Waals surface area (Å²) in [6.45, 7) is 3.24. The van der Waals surface area contributed by atoms with Gasteiger partial charge in [-0.1, -0.05) is 6.07 Å². The Morgan fingerprint density at radius 1 is 1.25 bits per heavy atom. The van der Waals surface area contributed by atoms with E-state index in [2.05, 4.69) is 16.0 Å². The summed E-state index contributed by atoms with van der Waals surface area (Å²) in [5.41, 5.74) is 2.85. The van der Waals surface area contributed by atoms with Crippen LogP contribution in [0.25, 0.3) is 17.2 Å². The van der Waals surface area contributed by atoms with Crippen LogP contribution >= 0.6 is 0 Å². The highest BCUT2D eigenvalue weighted by atomic mass is 16.2. The van der Waals surface area contributed by atoms with Crippen molar-refractivity contribution >= 4 is 11.7 Å². The third-order valence-corrected chi connectivity index (χ3v) is 4.61. The SMILES string of the molecule is CC(=O)N1CCCC(c2cccc(-c3cnc4ncccn34)n2)C1. The van der Waals surface area contributed by atoms with Gasteiger partial charge < -0.3 is 4.90 Å². The molecule has 0 spiro atoms. The van der Waals surface area contributed by atoms with Crippen molar-refractivity contribution in [3.8, 4) is 11.4 Å². The molecule has 1 fully saturated rings. The van der Waals surface area contributed by atoms with E-state index < -0.39 is 0 Å². The first kappa shape index (κ1) is 14.8. The van der Waals surface area contributed by atoms with E-state index in [1.54, 1.807) is 19.3 Å². The van der Waals surface area contributed by atoms with Gasteiger partial charge in [-0.15, -0.1) is 0 Å². The van der Waals surface area contributed by atoms with E-state index in [0.717, 1.165) is 43.0 Å². The lowest BCUT2D eigenvalue weighted by atomic mass is 9.94. The van der Waals surface area contributed by atoms with E-state index in [1.807, 2.05) is 33.7 Å². The maximum Gasteiger partial charge on any atom is 0.234 e. The van der Waals surface area contributed by atoms with E-state index >= 15 is 0 Å². The molecule has 0 radical (unpaired) electrons. The Hall–Kier alpha value is -2.76. The molecule has 3 aromatic rings. The van der Waals surface area contributed by atoms with Crippen LogP contribution in [0.2, 0.25) is 0 Å². The van der Waals surface area contributed by atoms with Crippen molar-refractivity contribution in [1.29, 1.82) is 0 Å². The van der Waals surface area contributed by atoms with Crippen LogP contribution in [0.15, 0.2) is 42.9 Å². The number of hydrogen-bond donors (Lipinski definition) is 0. The molecule has 0 aromatic carbocycles. The quantitative estimate of drug-likeness (QED) is 0.727. The van der Waals surface area contributed by atoms with E-state index in [4.69, 9.17) is 4.98 Å². The van der Waals surface area contributed by atoms with Crippen molar-refractivity contribution in [2.75, 3.05) is 13.1 Å². The van der Waals surface area contributed by atoms with Gasteiger partial charge in [0.05, 0.1) is 17.6 Å². The zero-order chi connectivity index (χ0) is 16.5. The molecule has 24 heavy (non-hydrogen) atoms. The van der Waals surface area contributed by atoms with E-state index in [1.165, 1.54) is 0 Å². The second-order valence-electron chi connectivity index (χ2n) is 6.19. The van der Waals surface area contributed by atoms with Crippen LogP contribution in [0.1, 0.15) is 31.4 Å². The Labute approximate surface area is 140 Å². The number of carbonyl (C=O) groups excluding carboxylic acids is 1. The lowest BCUT2D eigenvalue weighted by Gasteiger charge is -2.31. The second-order valence-corrected chi connectivity index (χ2v) is 6.19. The fourth-order valence-electron chi connectivity index (χ4n) is 3.34. The van der Waals surface area contributed by atoms with Gasteiger partial charge in [-0.2, -0.15) is 0 Å². The molecule has 1 amide bonds. The maximum atomic E-state index is 11.7. The third kappa shape index (κ3) is 2.64. The molecule has 6 nitrogen and oxygen atoms in total. The summed E-state index contributed by atoms with van der Waals surface area (Å²) in [5.74, 6) is 1.10. The third-order valence-electron chi connectivity index (χ3n) is 4.61. The van der Waals surface area contributed by atoms with Crippen molar-refractivity contribution in [3.05, 3.63) is 48.5 Å². The lowest BCUT2D eigenvalue weighted by Crippen LogP contribution is -2.37. The molecular formula is C18H19N5O. The first-order valence-electron chi connectivity index (χ1n) is 8.23. The Kier molecular flexibility index (Phi) is 3.72. The number of piperidine rings is 1. The number of hydrogen-bond acceptors (Lipinski definition) is 4. The normalized spacial score (nSPS) is 18.0. The van der Waals surface area contributed by atoms with Crippen LogP contribution in [0.4, 0.5) is 0 Å². The Morgan fingerprint density at radius 3 is 3.04 bits per heavy atom. The van der Waals surface area contributed by atoms with Crippen LogP contribution in [0.3, 0.4) is 0 Å². The van der Waals surface area contributed by atoms with Gasteiger partial charge in [-0.05, 0) is 31.0 Å². The number of fused-ring (bicyclic) bond motifs is 1. The second kappa shape index (κ2) is 6.03. The highest BCUT2D eigenvalue weighted by Gasteiger charge is 2.24. The summed E-state index contributed by atoms with van der Waals surface area (Å²) in [5, 5.41) is 0. The largest absolute Gasteiger partial charge is 0.342 e. The van der Waals surface area contributed by atoms with Gasteiger partial charge in [-0.3, -0.25) is 14.2 Å². The van der Waals surface area contributed by atoms with E-state index in [0.29, 0.717) is 11.7 Å². The summed E-state index contributed by atoms with van der Waals surface area (Å²) in [7, 11) is 0. The number of likely N-dealkylation sites (tertiary alicyclic amines) is 1. The minimum atomic E-state index is 0.142. The Bertz CT molecular complexity index is 888. The number of rotatable bonds is 2. The zero-order valence-corrected chi connectivity index (χ0v) is 13.6. The van der Waals surface area contributed by atoms with Crippen LogP contribution in [0.5, 0.6) is 0 Å². The molecule has 0 aliphatic carbocycles. The number of amides is 1. The van der Waals surface area contributed by atoms with Crippen LogP contribution < -0.4 is 0 Å². The van der Waals surface area contributed by atoms with Crippen molar-refractivity contribution in [2.24, 2.45) is 0 Å². The van der Waals surface area contributed by atoms with Crippen LogP contribution in [-0.2, 0) is 4.79 Å². The smallest absolute Gasteiger partial charge is 0.234 e. The van der Waals surface area contributed by atoms with Gasteiger partial charge in [0.15, 0.2) is 0 Å². The van der Waals surface area contributed by atoms with E-state index in [-0.39, 0.29) is 5.91 Å². The zero-order valence-electron chi connectivity index (χ0n) is 13.6. The highest BCUT2D eigenvalue weighted by molar-refractivity contribution is 5.73. The molecule has 1 saturated heterocycles. The topological polar surface area (TPSA) is 63.4 Å². The summed E-state index contributed by atoms with van der Waals surface area (Å²) in [6, 6.07) is 7.96. The molecule has 4 rings (SSSR count). The molecular weight excluding hydrogens is 302 g/mol. The molecule has 1 aliphatic rings. The van der Waals surface area contributed by atoms with Gasteiger partial charge >= 0.3 is 0 Å². The molecule has 1 atom stereocenters. The van der Waals surface area contributed by atoms with Gasteiger partial charge in [-0.25, -0.2) is 9.97 Å². The minimum absolute atomic E-state index is 0.142. The van der Waals surface area contributed by atoms with Crippen molar-refractivity contribution in [3.63, 3.8) is 0 Å². The lowest BCUT2D eigenvalue weighted by molar-refractivity contribution is -0.130. The van der Waals surface area contributed by atoms with Gasteiger partial charge in [0.25, 0.3) is 0 Å². The average molecular weight is 321 g/mol. The predicted octanol–water partition coefficient (Wildman–Crippen LogP) is 2.52. The monoisotopic (exact) mass is 321 g/mol. The van der Waals surface area contributed by atoms with Gasteiger partial charge in [0, 0.05) is 44.0 Å². The molecule has 122 valence electrons. The fourth-order valence-corrected chi connectivity index (χ4v) is 3.34. The molecule has 1 aliphatic heterocycles. The van der Waals surface area contributed by atoms with Crippen LogP contribution in [-0.4, -0.2) is 43.2 Å². The van der Waals surface area contributed by atoms with Gasteiger partial charge in [0.2, 0.25) is 11.7 Å². The average Bonchev–Trinajstić information content (AvgIpc) is 3.06. The molecule has 4 heterocycles. The molecule has 3 aromatic heterocycles. The number of imidazole rings is 1. The molecule has 0 bridgehead atoms. The molecule has 6 heteroatoms. The molecule has 1 unspecified atom stereocenters. The van der Waals surface area contributed by atoms with Crippen molar-refractivity contribution < 1.29 is 4.79 Å². The summed E-state index contributed by atoms with van der Waals surface area (Å²) >= 11 is 0. The predicted molar refractivity (Wildman–Crippen MR) is 90.4 cm³/mol. The molecule has 0 N–H and O–H groups in total. The summed E-state index contributed by atoms with van der Waals surface area (Å²) < 4.78 is 1.94. The number of aromatic nitrogens is 4. The van der Waals surface area contributed by atoms with Crippen molar-refractivity contribution in [1.82, 2.24) is 24.3 Å². The summed E-state index contributed by atoms with van der Waals surface area (Å²) in [6.07, 6.45) is 7.56. The number of pyridine rings is 1. The summed E-state index contributed by atoms with van der Waals surface area (Å²) in [4.78, 5) is 27.0. The van der Waals surface area contributed by atoms with Gasteiger partial charge in [0.1, 0.15) is 0 Å². The number of nitrogens with zero attached hydrogens (tertiary/aromatic N) is 5. The Morgan fingerprint density at radius 2 is 2.17 bits per heavy atom. The number of carbonyl (C=O) groups is 1. The maximum absolute atomic E-state index is 11.7.